The van der Waals surface area contributed by atoms with Crippen LogP contribution in [0.1, 0.15) is 33.4 Å². The number of nitrogens with zero attached hydrogens (tertiary/aromatic N) is 2. The molecular weight excluding hydrogens is 338 g/mol. The number of furan rings is 1. The maximum absolute atomic E-state index is 13.0. The Kier molecular flexibility index (Phi) is 4.58. The standard InChI is InChI=1S/C22H19N3O2/c1-16-19(15-23-25(16)18-11-6-3-7-12-18)22(26)24-21(20-13-8-14-27-20)17-9-4-2-5-10-17/h2-15,21H,1H3,(H,24,26). The Hall–Kier alpha value is -3.60. The van der Waals surface area contributed by atoms with Crippen LogP contribution in [0.25, 0.3) is 5.69 Å². The highest BCUT2D eigenvalue weighted by atomic mass is 16.3. The molecule has 1 atom stereocenters. The van der Waals surface area contributed by atoms with Gasteiger partial charge in [0.2, 0.25) is 0 Å². The van der Waals surface area contributed by atoms with Crippen molar-refractivity contribution in [2.75, 3.05) is 0 Å². The normalized spacial score (nSPS) is 11.9. The second-order valence-corrected chi connectivity index (χ2v) is 6.22. The third-order valence-corrected chi connectivity index (χ3v) is 4.49. The first-order chi connectivity index (χ1) is 13.2. The zero-order chi connectivity index (χ0) is 18.6. The fourth-order valence-corrected chi connectivity index (χ4v) is 3.09. The van der Waals surface area contributed by atoms with Crippen LogP contribution in [0.3, 0.4) is 0 Å². The van der Waals surface area contributed by atoms with E-state index in [4.69, 9.17) is 4.42 Å². The van der Waals surface area contributed by atoms with Crippen LogP contribution in [0.2, 0.25) is 0 Å². The summed E-state index contributed by atoms with van der Waals surface area (Å²) in [6.07, 6.45) is 3.21. The number of hydrogen-bond donors (Lipinski definition) is 1. The summed E-state index contributed by atoms with van der Waals surface area (Å²) < 4.78 is 7.32. The fourth-order valence-electron chi connectivity index (χ4n) is 3.09. The summed E-state index contributed by atoms with van der Waals surface area (Å²) in [7, 11) is 0. The van der Waals surface area contributed by atoms with Gasteiger partial charge in [-0.25, -0.2) is 4.68 Å². The van der Waals surface area contributed by atoms with Crippen molar-refractivity contribution in [3.8, 4) is 5.69 Å². The predicted octanol–water partition coefficient (Wildman–Crippen LogP) is 4.29. The van der Waals surface area contributed by atoms with Crippen LogP contribution in [-0.2, 0) is 0 Å². The van der Waals surface area contributed by atoms with E-state index in [0.29, 0.717) is 11.3 Å². The zero-order valence-electron chi connectivity index (χ0n) is 14.9. The van der Waals surface area contributed by atoms with Crippen LogP contribution in [0.5, 0.6) is 0 Å². The van der Waals surface area contributed by atoms with Crippen LogP contribution in [0.15, 0.2) is 89.7 Å². The number of para-hydroxylation sites is 1. The molecule has 0 fully saturated rings. The highest BCUT2D eigenvalue weighted by molar-refractivity contribution is 5.95. The molecule has 0 radical (unpaired) electrons. The molecule has 1 amide bonds. The molecule has 27 heavy (non-hydrogen) atoms. The van der Waals surface area contributed by atoms with E-state index in [1.165, 1.54) is 0 Å². The molecule has 0 aliphatic heterocycles. The van der Waals surface area contributed by atoms with Crippen molar-refractivity contribution in [3.05, 3.63) is 108 Å². The average molecular weight is 357 g/mol. The summed E-state index contributed by atoms with van der Waals surface area (Å²) >= 11 is 0. The highest BCUT2D eigenvalue weighted by Gasteiger charge is 2.22. The summed E-state index contributed by atoms with van der Waals surface area (Å²) in [4.78, 5) is 13.0. The van der Waals surface area contributed by atoms with E-state index in [2.05, 4.69) is 10.4 Å². The van der Waals surface area contributed by atoms with Gasteiger partial charge in [-0.15, -0.1) is 0 Å². The van der Waals surface area contributed by atoms with Crippen LogP contribution in [0, 0.1) is 6.92 Å². The van der Waals surface area contributed by atoms with Crippen molar-refractivity contribution in [1.82, 2.24) is 15.1 Å². The second kappa shape index (κ2) is 7.33. The van der Waals surface area contributed by atoms with Crippen LogP contribution in [0.4, 0.5) is 0 Å². The van der Waals surface area contributed by atoms with E-state index in [1.807, 2.05) is 79.7 Å². The number of amides is 1. The van der Waals surface area contributed by atoms with E-state index in [1.54, 1.807) is 17.1 Å². The summed E-state index contributed by atoms with van der Waals surface area (Å²) in [6.45, 7) is 1.89. The third kappa shape index (κ3) is 3.40. The van der Waals surface area contributed by atoms with Gasteiger partial charge >= 0.3 is 0 Å². The van der Waals surface area contributed by atoms with Crippen molar-refractivity contribution in [2.24, 2.45) is 0 Å². The highest BCUT2D eigenvalue weighted by Crippen LogP contribution is 2.23. The molecule has 0 aliphatic carbocycles. The van der Waals surface area contributed by atoms with Gasteiger partial charge in [-0.3, -0.25) is 4.79 Å². The van der Waals surface area contributed by atoms with E-state index in [-0.39, 0.29) is 11.9 Å². The Labute approximate surface area is 157 Å². The van der Waals surface area contributed by atoms with Gasteiger partial charge in [0.15, 0.2) is 0 Å². The molecule has 0 spiro atoms. The van der Waals surface area contributed by atoms with Crippen LogP contribution < -0.4 is 5.32 Å². The number of rotatable bonds is 5. The SMILES string of the molecule is Cc1c(C(=O)NC(c2ccccc2)c2ccco2)cnn1-c1ccccc1. The van der Waals surface area contributed by atoms with Gasteiger partial charge in [0.25, 0.3) is 5.91 Å². The average Bonchev–Trinajstić information content (AvgIpc) is 3.37. The lowest BCUT2D eigenvalue weighted by Gasteiger charge is -2.17. The lowest BCUT2D eigenvalue weighted by Crippen LogP contribution is -2.29. The molecule has 0 saturated heterocycles. The fraction of sp³-hybridized carbons (Fsp3) is 0.0909. The molecule has 2 aromatic heterocycles. The summed E-state index contributed by atoms with van der Waals surface area (Å²) in [5.74, 6) is 0.489. The first-order valence-corrected chi connectivity index (χ1v) is 8.73. The Balaban J connectivity index is 1.64. The maximum Gasteiger partial charge on any atom is 0.255 e. The van der Waals surface area contributed by atoms with Gasteiger partial charge in [0, 0.05) is 0 Å². The summed E-state index contributed by atoms with van der Waals surface area (Å²) in [5, 5.41) is 7.45. The molecule has 4 rings (SSSR count). The first-order valence-electron chi connectivity index (χ1n) is 8.73. The molecule has 1 N–H and O–H groups in total. The van der Waals surface area contributed by atoms with Crippen molar-refractivity contribution < 1.29 is 9.21 Å². The molecule has 4 aromatic rings. The quantitative estimate of drug-likeness (QED) is 0.579. The van der Waals surface area contributed by atoms with Crippen molar-refractivity contribution >= 4 is 5.91 Å². The molecular formula is C22H19N3O2. The van der Waals surface area contributed by atoms with Gasteiger partial charge < -0.3 is 9.73 Å². The minimum absolute atomic E-state index is 0.195. The number of carbonyl (C=O) groups excluding carboxylic acids is 1. The molecule has 134 valence electrons. The van der Waals surface area contributed by atoms with E-state index in [0.717, 1.165) is 16.9 Å². The van der Waals surface area contributed by atoms with Gasteiger partial charge in [-0.1, -0.05) is 48.5 Å². The molecule has 1 unspecified atom stereocenters. The Morgan fingerprint density at radius 3 is 2.37 bits per heavy atom. The lowest BCUT2D eigenvalue weighted by molar-refractivity contribution is 0.0938. The molecule has 0 saturated carbocycles. The van der Waals surface area contributed by atoms with Crippen molar-refractivity contribution in [3.63, 3.8) is 0 Å². The van der Waals surface area contributed by atoms with E-state index < -0.39 is 0 Å². The topological polar surface area (TPSA) is 60.1 Å². The first kappa shape index (κ1) is 16.8. The number of hydrogen-bond acceptors (Lipinski definition) is 3. The van der Waals surface area contributed by atoms with Crippen molar-refractivity contribution in [1.29, 1.82) is 0 Å². The van der Waals surface area contributed by atoms with Gasteiger partial charge in [-0.2, -0.15) is 5.10 Å². The van der Waals surface area contributed by atoms with Crippen LogP contribution in [-0.4, -0.2) is 15.7 Å². The van der Waals surface area contributed by atoms with Gasteiger partial charge in [0.05, 0.1) is 29.4 Å². The smallest absolute Gasteiger partial charge is 0.255 e. The molecule has 5 nitrogen and oxygen atoms in total. The lowest BCUT2D eigenvalue weighted by atomic mass is 10.0. The monoisotopic (exact) mass is 357 g/mol. The molecule has 0 aliphatic rings. The number of carbonyl (C=O) groups is 1. The van der Waals surface area contributed by atoms with Gasteiger partial charge in [0.1, 0.15) is 11.8 Å². The number of aromatic nitrogens is 2. The van der Waals surface area contributed by atoms with Crippen molar-refractivity contribution in [2.45, 2.75) is 13.0 Å². The maximum atomic E-state index is 13.0. The molecule has 2 heterocycles. The Morgan fingerprint density at radius 1 is 1.00 bits per heavy atom. The predicted molar refractivity (Wildman–Crippen MR) is 103 cm³/mol. The largest absolute Gasteiger partial charge is 0.467 e. The Bertz CT molecular complexity index is 1020. The summed E-state index contributed by atoms with van der Waals surface area (Å²) in [6, 6.07) is 22.8. The zero-order valence-corrected chi connectivity index (χ0v) is 14.9. The molecule has 2 aromatic carbocycles. The number of benzene rings is 2. The minimum atomic E-state index is -0.367. The van der Waals surface area contributed by atoms with Gasteiger partial charge in [-0.05, 0) is 36.8 Å². The Morgan fingerprint density at radius 2 is 1.70 bits per heavy atom. The van der Waals surface area contributed by atoms with E-state index in [9.17, 15) is 4.79 Å². The van der Waals surface area contributed by atoms with E-state index >= 15 is 0 Å². The summed E-state index contributed by atoms with van der Waals surface area (Å²) in [5.41, 5.74) is 3.19. The third-order valence-electron chi connectivity index (χ3n) is 4.49. The number of nitrogens with one attached hydrogen (secondary N) is 1. The molecule has 0 bridgehead atoms. The molecule has 5 heteroatoms. The van der Waals surface area contributed by atoms with Crippen LogP contribution >= 0.6 is 0 Å². The second-order valence-electron chi connectivity index (χ2n) is 6.22. The minimum Gasteiger partial charge on any atom is -0.467 e.